The number of carbonyl (C=O) groups is 1. The fraction of sp³-hybridized carbons (Fsp3) is 0.278. The molecule has 24 heavy (non-hydrogen) atoms. The van der Waals surface area contributed by atoms with Gasteiger partial charge in [-0.1, -0.05) is 25.1 Å². The first-order chi connectivity index (χ1) is 11.6. The van der Waals surface area contributed by atoms with Crippen molar-refractivity contribution in [3.8, 4) is 0 Å². The van der Waals surface area contributed by atoms with Crippen molar-refractivity contribution in [3.05, 3.63) is 56.9 Å². The Morgan fingerprint density at radius 3 is 3.08 bits per heavy atom. The average molecular weight is 340 g/mol. The molecular formula is C18H16N2O3S. The van der Waals surface area contributed by atoms with E-state index in [1.54, 1.807) is 24.3 Å². The van der Waals surface area contributed by atoms with Crippen LogP contribution < -0.4 is 10.9 Å². The zero-order chi connectivity index (χ0) is 16.7. The lowest BCUT2D eigenvalue weighted by molar-refractivity contribution is 0.102. The third-order valence-electron chi connectivity index (χ3n) is 4.29. The molecule has 6 heteroatoms. The molecule has 0 unspecified atom stereocenters. The van der Waals surface area contributed by atoms with Crippen LogP contribution in [0.25, 0.3) is 11.0 Å². The van der Waals surface area contributed by atoms with Crippen LogP contribution in [0.5, 0.6) is 0 Å². The summed E-state index contributed by atoms with van der Waals surface area (Å²) in [6.45, 7) is 2.22. The van der Waals surface area contributed by atoms with E-state index < -0.39 is 11.5 Å². The molecule has 0 saturated heterocycles. The second-order valence-corrected chi connectivity index (χ2v) is 7.26. The van der Waals surface area contributed by atoms with Gasteiger partial charge in [-0.25, -0.2) is 9.78 Å². The topological polar surface area (TPSA) is 72.2 Å². The normalized spacial score (nSPS) is 16.8. The van der Waals surface area contributed by atoms with Crippen molar-refractivity contribution in [2.24, 2.45) is 5.92 Å². The van der Waals surface area contributed by atoms with E-state index in [0.29, 0.717) is 16.6 Å². The van der Waals surface area contributed by atoms with Gasteiger partial charge in [0.1, 0.15) is 11.1 Å². The van der Waals surface area contributed by atoms with Crippen molar-refractivity contribution >= 4 is 33.3 Å². The Hall–Kier alpha value is -2.47. The van der Waals surface area contributed by atoms with E-state index >= 15 is 0 Å². The molecule has 1 aliphatic carbocycles. The van der Waals surface area contributed by atoms with Crippen molar-refractivity contribution in [1.29, 1.82) is 0 Å². The number of fused-ring (bicyclic) bond motifs is 2. The minimum absolute atomic E-state index is 0.00441. The summed E-state index contributed by atoms with van der Waals surface area (Å²) in [6, 6.07) is 8.69. The number of rotatable bonds is 2. The van der Waals surface area contributed by atoms with Crippen LogP contribution in [0.2, 0.25) is 0 Å². The summed E-state index contributed by atoms with van der Waals surface area (Å²) >= 11 is 1.50. The predicted molar refractivity (Wildman–Crippen MR) is 93.7 cm³/mol. The maximum atomic E-state index is 12.5. The SMILES string of the molecule is C[C@H]1CCc2nc(NC(=O)c3cc4ccccc4oc3=O)sc2C1. The number of benzene rings is 1. The first-order valence-corrected chi connectivity index (χ1v) is 8.74. The van der Waals surface area contributed by atoms with Crippen molar-refractivity contribution < 1.29 is 9.21 Å². The number of para-hydroxylation sites is 1. The molecule has 1 aliphatic rings. The van der Waals surface area contributed by atoms with Gasteiger partial charge in [-0.2, -0.15) is 0 Å². The number of thiazole rings is 1. The number of anilines is 1. The van der Waals surface area contributed by atoms with E-state index in [0.717, 1.165) is 30.3 Å². The van der Waals surface area contributed by atoms with E-state index in [1.807, 2.05) is 6.07 Å². The van der Waals surface area contributed by atoms with Crippen LogP contribution in [0.15, 0.2) is 39.5 Å². The fourth-order valence-corrected chi connectivity index (χ4v) is 4.14. The third-order valence-corrected chi connectivity index (χ3v) is 5.33. The summed E-state index contributed by atoms with van der Waals surface area (Å²) in [5.41, 5.74) is 0.896. The third kappa shape index (κ3) is 2.73. The summed E-state index contributed by atoms with van der Waals surface area (Å²) in [7, 11) is 0. The summed E-state index contributed by atoms with van der Waals surface area (Å²) < 4.78 is 5.21. The minimum Gasteiger partial charge on any atom is -0.422 e. The van der Waals surface area contributed by atoms with E-state index in [-0.39, 0.29) is 5.56 Å². The number of amides is 1. The van der Waals surface area contributed by atoms with Crippen LogP contribution in [-0.4, -0.2) is 10.9 Å². The van der Waals surface area contributed by atoms with E-state index in [9.17, 15) is 9.59 Å². The number of hydrogen-bond acceptors (Lipinski definition) is 5. The van der Waals surface area contributed by atoms with E-state index in [4.69, 9.17) is 4.42 Å². The second-order valence-electron chi connectivity index (χ2n) is 6.18. The molecule has 1 aromatic carbocycles. The average Bonchev–Trinajstić information content (AvgIpc) is 2.95. The number of aryl methyl sites for hydroxylation is 1. The van der Waals surface area contributed by atoms with Gasteiger partial charge in [0.15, 0.2) is 5.13 Å². The molecule has 0 saturated carbocycles. The van der Waals surface area contributed by atoms with Crippen molar-refractivity contribution in [3.63, 3.8) is 0 Å². The summed E-state index contributed by atoms with van der Waals surface area (Å²) in [4.78, 5) is 30.2. The molecular weight excluding hydrogens is 324 g/mol. The lowest BCUT2D eigenvalue weighted by Crippen LogP contribution is -2.20. The minimum atomic E-state index is -0.638. The highest BCUT2D eigenvalue weighted by molar-refractivity contribution is 7.15. The lowest BCUT2D eigenvalue weighted by Gasteiger charge is -2.15. The molecule has 122 valence electrons. The van der Waals surface area contributed by atoms with Gasteiger partial charge in [0, 0.05) is 10.3 Å². The maximum Gasteiger partial charge on any atom is 0.349 e. The summed E-state index contributed by atoms with van der Waals surface area (Å²) in [5, 5.41) is 4.01. The molecule has 0 radical (unpaired) electrons. The Morgan fingerprint density at radius 1 is 1.38 bits per heavy atom. The molecule has 5 nitrogen and oxygen atoms in total. The largest absolute Gasteiger partial charge is 0.422 e. The van der Waals surface area contributed by atoms with Crippen molar-refractivity contribution in [1.82, 2.24) is 4.98 Å². The van der Waals surface area contributed by atoms with Gasteiger partial charge in [-0.3, -0.25) is 10.1 Å². The highest BCUT2D eigenvalue weighted by Gasteiger charge is 2.21. The Balaban J connectivity index is 1.63. The van der Waals surface area contributed by atoms with E-state index in [1.165, 1.54) is 16.2 Å². The number of nitrogens with one attached hydrogen (secondary N) is 1. The highest BCUT2D eigenvalue weighted by Crippen LogP contribution is 2.32. The Morgan fingerprint density at radius 2 is 2.21 bits per heavy atom. The van der Waals surface area contributed by atoms with Crippen LogP contribution in [0.3, 0.4) is 0 Å². The quantitative estimate of drug-likeness (QED) is 0.723. The molecule has 1 amide bonds. The van der Waals surface area contributed by atoms with Gasteiger partial charge in [0.25, 0.3) is 5.91 Å². The fourth-order valence-electron chi connectivity index (χ4n) is 2.98. The van der Waals surface area contributed by atoms with Crippen molar-refractivity contribution in [2.75, 3.05) is 5.32 Å². The Kier molecular flexibility index (Phi) is 3.69. The first-order valence-electron chi connectivity index (χ1n) is 7.93. The van der Waals surface area contributed by atoms with Crippen LogP contribution in [0.1, 0.15) is 34.3 Å². The van der Waals surface area contributed by atoms with Gasteiger partial charge < -0.3 is 4.42 Å². The van der Waals surface area contributed by atoms with Gasteiger partial charge in [-0.15, -0.1) is 11.3 Å². The molecule has 1 N–H and O–H groups in total. The molecule has 2 heterocycles. The van der Waals surface area contributed by atoms with Crippen LogP contribution in [0.4, 0.5) is 5.13 Å². The first kappa shape index (κ1) is 15.1. The molecule has 0 spiro atoms. The lowest BCUT2D eigenvalue weighted by atomic mass is 9.93. The van der Waals surface area contributed by atoms with Crippen molar-refractivity contribution in [2.45, 2.75) is 26.2 Å². The van der Waals surface area contributed by atoms with Crippen LogP contribution >= 0.6 is 11.3 Å². The molecule has 0 bridgehead atoms. The number of aromatic nitrogens is 1. The maximum absolute atomic E-state index is 12.5. The summed E-state index contributed by atoms with van der Waals surface area (Å²) in [6.07, 6.45) is 3.07. The van der Waals surface area contributed by atoms with Crippen LogP contribution in [-0.2, 0) is 12.8 Å². The number of hydrogen-bond donors (Lipinski definition) is 1. The van der Waals surface area contributed by atoms with Gasteiger partial charge in [-0.05, 0) is 37.3 Å². The number of nitrogens with zero attached hydrogens (tertiary/aromatic N) is 1. The van der Waals surface area contributed by atoms with E-state index in [2.05, 4.69) is 17.2 Å². The standard InChI is InChI=1S/C18H16N2O3S/c1-10-6-7-13-15(8-10)24-18(19-13)20-16(21)12-9-11-4-2-3-5-14(11)23-17(12)22/h2-5,9-10H,6-8H2,1H3,(H,19,20,21)/t10-/m0/s1. The monoisotopic (exact) mass is 340 g/mol. The molecule has 0 aliphatic heterocycles. The highest BCUT2D eigenvalue weighted by atomic mass is 32.1. The molecule has 4 rings (SSSR count). The Bertz CT molecular complexity index is 989. The molecule has 0 fully saturated rings. The molecule has 3 aromatic rings. The summed E-state index contributed by atoms with van der Waals surface area (Å²) in [5.74, 6) is 0.169. The zero-order valence-corrected chi connectivity index (χ0v) is 14.0. The predicted octanol–water partition coefficient (Wildman–Crippen LogP) is 3.63. The van der Waals surface area contributed by atoms with Gasteiger partial charge in [0.2, 0.25) is 0 Å². The van der Waals surface area contributed by atoms with Crippen LogP contribution in [0, 0.1) is 5.92 Å². The zero-order valence-electron chi connectivity index (χ0n) is 13.2. The number of carbonyl (C=O) groups excluding carboxylic acids is 1. The Labute approximate surface area is 142 Å². The van der Waals surface area contributed by atoms with Gasteiger partial charge >= 0.3 is 5.63 Å². The molecule has 1 atom stereocenters. The molecule has 2 aromatic heterocycles. The van der Waals surface area contributed by atoms with Gasteiger partial charge in [0.05, 0.1) is 5.69 Å². The smallest absolute Gasteiger partial charge is 0.349 e. The second kappa shape index (κ2) is 5.87.